The molecule has 0 aliphatic carbocycles. The van der Waals surface area contributed by atoms with Crippen molar-refractivity contribution in [2.24, 2.45) is 5.92 Å². The third-order valence-electron chi connectivity index (χ3n) is 7.13. The molecule has 4 aromatic rings. The summed E-state index contributed by atoms with van der Waals surface area (Å²) in [5, 5.41) is 3.88. The van der Waals surface area contributed by atoms with Crippen LogP contribution in [0.4, 0.5) is 11.4 Å². The van der Waals surface area contributed by atoms with Gasteiger partial charge in [0.05, 0.1) is 7.11 Å². The van der Waals surface area contributed by atoms with Crippen molar-refractivity contribution in [1.29, 1.82) is 0 Å². The number of nitrogens with zero attached hydrogens (tertiary/aromatic N) is 1. The highest BCUT2D eigenvalue weighted by Crippen LogP contribution is 2.31. The lowest BCUT2D eigenvalue weighted by molar-refractivity contribution is -0.142. The summed E-state index contributed by atoms with van der Waals surface area (Å²) in [4.78, 5) is 25.5. The molecule has 3 aromatic carbocycles. The number of amides is 1. The molecule has 0 bridgehead atoms. The molecule has 0 fully saturated rings. The number of benzene rings is 3. The van der Waals surface area contributed by atoms with Crippen LogP contribution in [0.15, 0.2) is 71.1 Å². The van der Waals surface area contributed by atoms with Crippen molar-refractivity contribution in [1.82, 2.24) is 0 Å². The summed E-state index contributed by atoms with van der Waals surface area (Å²) in [5.74, 6) is -0.990. The van der Waals surface area contributed by atoms with E-state index in [1.54, 1.807) is 57.4 Å². The second kappa shape index (κ2) is 13.8. The van der Waals surface area contributed by atoms with Crippen molar-refractivity contribution < 1.29 is 32.2 Å². The summed E-state index contributed by atoms with van der Waals surface area (Å²) < 4.78 is 41.1. The number of anilines is 2. The van der Waals surface area contributed by atoms with Crippen LogP contribution < -0.4 is 9.62 Å². The minimum atomic E-state index is -2.68. The average Bonchev–Trinajstić information content (AvgIpc) is 3.33. The lowest BCUT2D eigenvalue weighted by Crippen LogP contribution is -2.46. The van der Waals surface area contributed by atoms with Crippen LogP contribution in [0.25, 0.3) is 22.1 Å². The highest BCUT2D eigenvalue weighted by molar-refractivity contribution is 7.80. The average molecular weight is 592 g/mol. The quantitative estimate of drug-likeness (QED) is 0.121. The van der Waals surface area contributed by atoms with Crippen molar-refractivity contribution in [2.45, 2.75) is 39.7 Å². The van der Waals surface area contributed by atoms with Crippen molar-refractivity contribution in [3.8, 4) is 11.1 Å². The van der Waals surface area contributed by atoms with E-state index >= 15 is 0 Å². The Balaban J connectivity index is 1.50. The number of ether oxygens (including phenoxy) is 2. The third-order valence-corrected chi connectivity index (χ3v) is 7.89. The Kier molecular flexibility index (Phi) is 10.2. The van der Waals surface area contributed by atoms with Crippen LogP contribution >= 0.6 is 0 Å². The summed E-state index contributed by atoms with van der Waals surface area (Å²) in [6.07, 6.45) is 1.70. The Morgan fingerprint density at radius 2 is 1.64 bits per heavy atom. The Morgan fingerprint density at radius 3 is 2.21 bits per heavy atom. The van der Waals surface area contributed by atoms with E-state index in [0.29, 0.717) is 23.6 Å². The van der Waals surface area contributed by atoms with Gasteiger partial charge in [-0.15, -0.1) is 0 Å². The van der Waals surface area contributed by atoms with E-state index < -0.39 is 23.3 Å². The minimum absolute atomic E-state index is 0.274. The maximum absolute atomic E-state index is 13.1. The Hall–Kier alpha value is -3.99. The fourth-order valence-corrected chi connectivity index (χ4v) is 5.86. The van der Waals surface area contributed by atoms with E-state index in [1.165, 1.54) is 7.11 Å². The standard InChI is InChI=1S/C32H36N2O7S/c1-20(2)29(32(36)40-5)34(42(37)38)26-17-13-23(14-18-26)22-11-15-25(16-12-22)33-31(35)30-21(3)28-24(9-7-19-39-4)8-6-10-27(28)41-30/h6,8,10-18,20,29H,7,9,19H2,1-5H3,(H,33,35)(H,37,38)/p-1. The summed E-state index contributed by atoms with van der Waals surface area (Å²) in [6.45, 7) is 6.07. The zero-order chi connectivity index (χ0) is 30.4. The predicted octanol–water partition coefficient (Wildman–Crippen LogP) is 6.04. The van der Waals surface area contributed by atoms with Crippen LogP contribution in [0.2, 0.25) is 0 Å². The van der Waals surface area contributed by atoms with Crippen molar-refractivity contribution in [2.75, 3.05) is 30.4 Å². The number of nitrogens with one attached hydrogen (secondary N) is 1. The minimum Gasteiger partial charge on any atom is -0.755 e. The molecule has 0 spiro atoms. The van der Waals surface area contributed by atoms with Gasteiger partial charge in [-0.1, -0.05) is 50.2 Å². The monoisotopic (exact) mass is 591 g/mol. The van der Waals surface area contributed by atoms with Gasteiger partial charge in [-0.3, -0.25) is 13.3 Å². The van der Waals surface area contributed by atoms with Crippen molar-refractivity contribution in [3.05, 3.63) is 83.6 Å². The van der Waals surface area contributed by atoms with Crippen LogP contribution in [0.3, 0.4) is 0 Å². The number of aryl methyl sites for hydroxylation is 2. The summed E-state index contributed by atoms with van der Waals surface area (Å²) >= 11 is -2.68. The molecule has 4 rings (SSSR count). The highest BCUT2D eigenvalue weighted by Gasteiger charge is 2.31. The normalized spacial score (nSPS) is 12.7. The van der Waals surface area contributed by atoms with Crippen LogP contribution in [-0.4, -0.2) is 47.5 Å². The van der Waals surface area contributed by atoms with Gasteiger partial charge in [0, 0.05) is 47.3 Å². The van der Waals surface area contributed by atoms with E-state index in [2.05, 4.69) is 5.32 Å². The van der Waals surface area contributed by atoms with Crippen LogP contribution in [0.1, 0.15) is 41.9 Å². The SMILES string of the molecule is COCCCc1cccc2oc(C(=O)Nc3ccc(-c4ccc(N(C(C(=O)OC)C(C)C)S(=O)[O-])cc4)cc3)c(C)c12. The molecule has 0 aliphatic rings. The molecule has 222 valence electrons. The lowest BCUT2D eigenvalue weighted by atomic mass is 10.0. The van der Waals surface area contributed by atoms with E-state index in [-0.39, 0.29) is 17.6 Å². The van der Waals surface area contributed by atoms with E-state index in [0.717, 1.165) is 44.8 Å². The Bertz CT molecular complexity index is 1560. The molecule has 42 heavy (non-hydrogen) atoms. The molecular formula is C32H35N2O7S-. The number of esters is 1. The second-order valence-electron chi connectivity index (χ2n) is 10.3. The summed E-state index contributed by atoms with van der Waals surface area (Å²) in [5.41, 5.74) is 5.25. The molecule has 0 aliphatic heterocycles. The molecule has 0 radical (unpaired) electrons. The molecule has 9 nitrogen and oxygen atoms in total. The molecule has 1 amide bonds. The lowest BCUT2D eigenvalue weighted by Gasteiger charge is -2.35. The number of rotatable bonds is 12. The maximum atomic E-state index is 13.1. The largest absolute Gasteiger partial charge is 0.755 e. The molecule has 2 atom stereocenters. The summed E-state index contributed by atoms with van der Waals surface area (Å²) in [7, 11) is 2.91. The van der Waals surface area contributed by atoms with Crippen molar-refractivity contribution >= 4 is 45.5 Å². The van der Waals surface area contributed by atoms with Gasteiger partial charge in [-0.05, 0) is 72.7 Å². The molecule has 1 aromatic heterocycles. The fraction of sp³-hybridized carbons (Fsp3) is 0.312. The van der Waals surface area contributed by atoms with Gasteiger partial charge in [0.2, 0.25) is 0 Å². The second-order valence-corrected chi connectivity index (χ2v) is 11.1. The Labute approximate surface area is 248 Å². The van der Waals surface area contributed by atoms with E-state index in [1.807, 2.05) is 37.3 Å². The predicted molar refractivity (Wildman–Crippen MR) is 163 cm³/mol. The first-order chi connectivity index (χ1) is 20.2. The smallest absolute Gasteiger partial charge is 0.329 e. The molecule has 1 N–H and O–H groups in total. The van der Waals surface area contributed by atoms with Gasteiger partial charge in [0.25, 0.3) is 5.91 Å². The van der Waals surface area contributed by atoms with Crippen LogP contribution in [0.5, 0.6) is 0 Å². The topological polar surface area (TPSA) is 121 Å². The molecule has 2 unspecified atom stereocenters. The van der Waals surface area contributed by atoms with Gasteiger partial charge >= 0.3 is 5.97 Å². The molecule has 10 heteroatoms. The van der Waals surface area contributed by atoms with Crippen molar-refractivity contribution in [3.63, 3.8) is 0 Å². The van der Waals surface area contributed by atoms with Crippen LogP contribution in [-0.2, 0) is 32.0 Å². The molecule has 0 saturated heterocycles. The van der Waals surface area contributed by atoms with E-state index in [9.17, 15) is 18.4 Å². The molecular weight excluding hydrogens is 556 g/mol. The Morgan fingerprint density at radius 1 is 1.00 bits per heavy atom. The molecule has 1 heterocycles. The summed E-state index contributed by atoms with van der Waals surface area (Å²) in [6, 6.07) is 19.0. The first-order valence-corrected chi connectivity index (χ1v) is 14.7. The number of carbonyl (C=O) groups is 2. The van der Waals surface area contributed by atoms with Gasteiger partial charge in [-0.25, -0.2) is 4.79 Å². The van der Waals surface area contributed by atoms with Gasteiger partial charge in [0.1, 0.15) is 11.6 Å². The third kappa shape index (κ3) is 6.73. The van der Waals surface area contributed by atoms with Gasteiger partial charge < -0.3 is 23.8 Å². The zero-order valence-electron chi connectivity index (χ0n) is 24.3. The molecule has 0 saturated carbocycles. The first-order valence-electron chi connectivity index (χ1n) is 13.6. The highest BCUT2D eigenvalue weighted by atomic mass is 32.2. The number of carbonyl (C=O) groups excluding carboxylic acids is 2. The number of methoxy groups -OCH3 is 2. The first kappa shape index (κ1) is 31.0. The van der Waals surface area contributed by atoms with E-state index in [4.69, 9.17) is 13.9 Å². The van der Waals surface area contributed by atoms with Gasteiger partial charge in [-0.2, -0.15) is 0 Å². The number of fused-ring (bicyclic) bond motifs is 1. The fourth-order valence-electron chi connectivity index (χ4n) is 5.05. The number of furan rings is 1. The number of hydrogen-bond acceptors (Lipinski definition) is 7. The zero-order valence-corrected chi connectivity index (χ0v) is 25.2. The maximum Gasteiger partial charge on any atom is 0.329 e. The van der Waals surface area contributed by atoms with Crippen LogP contribution in [0, 0.1) is 12.8 Å². The van der Waals surface area contributed by atoms with Gasteiger partial charge in [0.15, 0.2) is 5.76 Å². The number of hydrogen-bond donors (Lipinski definition) is 1.